The van der Waals surface area contributed by atoms with Crippen molar-refractivity contribution in [3.8, 4) is 0 Å². The van der Waals surface area contributed by atoms with Crippen molar-refractivity contribution < 1.29 is 12.6 Å². The maximum atomic E-state index is 11.5. The van der Waals surface area contributed by atoms with Gasteiger partial charge in [0.2, 0.25) is 5.95 Å². The number of nitrogens with zero attached hydrogens (tertiary/aromatic N) is 5. The summed E-state index contributed by atoms with van der Waals surface area (Å²) < 4.78 is 30.3. The standard InChI is InChI=1S/C20H29N5O3S2/c1-30(26,27)28-12-11-25-16-6-13-29-14-15(16)17-18(23-7-2-3-8-23)21-20(22-19(17)25)24-9-4-5-10-24/h2-14H2,1H3. The van der Waals surface area contributed by atoms with Crippen molar-refractivity contribution in [3.63, 3.8) is 0 Å². The Morgan fingerprint density at radius 3 is 2.43 bits per heavy atom. The van der Waals surface area contributed by atoms with Crippen LogP contribution in [0.15, 0.2) is 0 Å². The first-order valence-electron chi connectivity index (χ1n) is 10.9. The Hall–Kier alpha value is -1.52. The molecular weight excluding hydrogens is 422 g/mol. The molecule has 2 saturated heterocycles. The summed E-state index contributed by atoms with van der Waals surface area (Å²) in [7, 11) is -3.46. The van der Waals surface area contributed by atoms with Crippen molar-refractivity contribution in [1.29, 1.82) is 0 Å². The molecular formula is C20H29N5O3S2. The molecule has 5 rings (SSSR count). The lowest BCUT2D eigenvalue weighted by molar-refractivity contribution is 0.304. The second-order valence-electron chi connectivity index (χ2n) is 8.34. The molecule has 3 aliphatic rings. The van der Waals surface area contributed by atoms with Gasteiger partial charge in [-0.1, -0.05) is 0 Å². The molecule has 0 aliphatic carbocycles. The second kappa shape index (κ2) is 8.20. The van der Waals surface area contributed by atoms with Gasteiger partial charge in [-0.15, -0.1) is 0 Å². The van der Waals surface area contributed by atoms with Crippen LogP contribution in [0, 0.1) is 0 Å². The average molecular weight is 452 g/mol. The lowest BCUT2D eigenvalue weighted by atomic mass is 10.1. The third kappa shape index (κ3) is 3.89. The Bertz CT molecular complexity index is 1040. The van der Waals surface area contributed by atoms with Crippen LogP contribution >= 0.6 is 11.8 Å². The molecule has 3 aliphatic heterocycles. The van der Waals surface area contributed by atoms with Crippen molar-refractivity contribution in [2.45, 2.75) is 44.4 Å². The Balaban J connectivity index is 1.65. The monoisotopic (exact) mass is 451 g/mol. The van der Waals surface area contributed by atoms with E-state index in [0.717, 1.165) is 67.8 Å². The fourth-order valence-corrected chi connectivity index (χ4v) is 6.22. The molecule has 164 valence electrons. The number of thioether (sulfide) groups is 1. The molecule has 0 atom stereocenters. The van der Waals surface area contributed by atoms with Crippen LogP contribution in [0.1, 0.15) is 36.9 Å². The fraction of sp³-hybridized carbons (Fsp3) is 0.700. The van der Waals surface area contributed by atoms with Gasteiger partial charge in [0.15, 0.2) is 0 Å². The summed E-state index contributed by atoms with van der Waals surface area (Å²) in [5.74, 6) is 3.91. The van der Waals surface area contributed by atoms with Gasteiger partial charge in [-0.25, -0.2) is 0 Å². The molecule has 0 bridgehead atoms. The van der Waals surface area contributed by atoms with E-state index in [-0.39, 0.29) is 6.61 Å². The normalized spacial score (nSPS) is 19.8. The van der Waals surface area contributed by atoms with Gasteiger partial charge in [-0.05, 0) is 43.4 Å². The molecule has 0 aromatic carbocycles. The second-order valence-corrected chi connectivity index (χ2v) is 11.1. The van der Waals surface area contributed by atoms with E-state index in [1.54, 1.807) is 0 Å². The molecule has 30 heavy (non-hydrogen) atoms. The molecule has 0 unspecified atom stereocenters. The number of hydrogen-bond acceptors (Lipinski definition) is 8. The predicted molar refractivity (Wildman–Crippen MR) is 121 cm³/mol. The maximum Gasteiger partial charge on any atom is 0.264 e. The van der Waals surface area contributed by atoms with Crippen LogP contribution in [0.5, 0.6) is 0 Å². The van der Waals surface area contributed by atoms with E-state index in [1.807, 2.05) is 11.8 Å². The van der Waals surface area contributed by atoms with E-state index in [4.69, 9.17) is 14.2 Å². The van der Waals surface area contributed by atoms with Gasteiger partial charge >= 0.3 is 0 Å². The van der Waals surface area contributed by atoms with Crippen molar-refractivity contribution in [3.05, 3.63) is 11.3 Å². The molecule has 0 radical (unpaired) electrons. The number of aromatic nitrogens is 3. The molecule has 0 spiro atoms. The zero-order valence-electron chi connectivity index (χ0n) is 17.5. The summed E-state index contributed by atoms with van der Waals surface area (Å²) in [6.45, 7) is 4.69. The van der Waals surface area contributed by atoms with E-state index < -0.39 is 10.1 Å². The van der Waals surface area contributed by atoms with Crippen LogP contribution in [0.2, 0.25) is 0 Å². The Morgan fingerprint density at radius 2 is 1.73 bits per heavy atom. The smallest absolute Gasteiger partial charge is 0.264 e. The van der Waals surface area contributed by atoms with Crippen LogP contribution in [0.3, 0.4) is 0 Å². The van der Waals surface area contributed by atoms with Crippen LogP contribution in [-0.4, -0.2) is 67.7 Å². The molecule has 0 saturated carbocycles. The van der Waals surface area contributed by atoms with E-state index in [1.165, 1.54) is 42.3 Å². The van der Waals surface area contributed by atoms with Crippen molar-refractivity contribution in [2.75, 3.05) is 54.6 Å². The Morgan fingerprint density at radius 1 is 1.03 bits per heavy atom. The number of anilines is 2. The highest BCUT2D eigenvalue weighted by Gasteiger charge is 2.29. The first-order valence-corrected chi connectivity index (χ1v) is 13.8. The summed E-state index contributed by atoms with van der Waals surface area (Å²) in [6.07, 6.45) is 6.82. The van der Waals surface area contributed by atoms with Gasteiger partial charge in [0, 0.05) is 44.2 Å². The van der Waals surface area contributed by atoms with Crippen LogP contribution in [0.25, 0.3) is 11.0 Å². The highest BCUT2D eigenvalue weighted by atomic mass is 32.2. The predicted octanol–water partition coefficient (Wildman–Crippen LogP) is 2.40. The molecule has 0 amide bonds. The minimum absolute atomic E-state index is 0.129. The van der Waals surface area contributed by atoms with Gasteiger partial charge in [-0.2, -0.15) is 30.1 Å². The van der Waals surface area contributed by atoms with Crippen molar-refractivity contribution in [2.24, 2.45) is 0 Å². The fourth-order valence-electron chi connectivity index (χ4n) is 4.85. The lowest BCUT2D eigenvalue weighted by Crippen LogP contribution is -2.24. The van der Waals surface area contributed by atoms with E-state index in [9.17, 15) is 8.42 Å². The molecule has 0 N–H and O–H groups in total. The average Bonchev–Trinajstić information content (AvgIpc) is 3.48. The number of fused-ring (bicyclic) bond motifs is 3. The first-order chi connectivity index (χ1) is 14.5. The third-order valence-electron chi connectivity index (χ3n) is 6.23. The van der Waals surface area contributed by atoms with E-state index in [0.29, 0.717) is 6.54 Å². The molecule has 2 fully saturated rings. The highest BCUT2D eigenvalue weighted by Crippen LogP contribution is 2.39. The van der Waals surface area contributed by atoms with Crippen molar-refractivity contribution in [1.82, 2.24) is 14.5 Å². The van der Waals surface area contributed by atoms with Gasteiger partial charge in [-0.3, -0.25) is 4.18 Å². The van der Waals surface area contributed by atoms with Crippen molar-refractivity contribution >= 4 is 44.7 Å². The van der Waals surface area contributed by atoms with Gasteiger partial charge in [0.1, 0.15) is 11.5 Å². The minimum Gasteiger partial charge on any atom is -0.356 e. The number of rotatable bonds is 6. The molecule has 2 aromatic heterocycles. The molecule has 10 heteroatoms. The van der Waals surface area contributed by atoms with Crippen LogP contribution in [0.4, 0.5) is 11.8 Å². The van der Waals surface area contributed by atoms with E-state index >= 15 is 0 Å². The SMILES string of the molecule is CS(=O)(=O)OCCn1c2c(c3c(N4CCCC4)nc(N4CCCC4)nc31)CSCC2. The topological polar surface area (TPSA) is 80.6 Å². The summed E-state index contributed by atoms with van der Waals surface area (Å²) in [6, 6.07) is 0. The summed E-state index contributed by atoms with van der Waals surface area (Å²) in [4.78, 5) is 14.8. The summed E-state index contributed by atoms with van der Waals surface area (Å²) >= 11 is 1.95. The van der Waals surface area contributed by atoms with Gasteiger partial charge < -0.3 is 14.4 Å². The molecule has 8 nitrogen and oxygen atoms in total. The molecule has 5 heterocycles. The van der Waals surface area contributed by atoms with Gasteiger partial charge in [0.25, 0.3) is 10.1 Å². The summed E-state index contributed by atoms with van der Waals surface area (Å²) in [5.41, 5.74) is 3.54. The summed E-state index contributed by atoms with van der Waals surface area (Å²) in [5, 5.41) is 1.17. The van der Waals surface area contributed by atoms with Crippen LogP contribution in [-0.2, 0) is 33.0 Å². The third-order valence-corrected chi connectivity index (χ3v) is 7.81. The first kappa shape index (κ1) is 20.4. The quantitative estimate of drug-likeness (QED) is 0.620. The largest absolute Gasteiger partial charge is 0.356 e. The Kier molecular flexibility index (Phi) is 5.57. The van der Waals surface area contributed by atoms with Crippen LogP contribution < -0.4 is 9.80 Å². The zero-order chi connectivity index (χ0) is 20.7. The highest BCUT2D eigenvalue weighted by molar-refractivity contribution is 7.98. The maximum absolute atomic E-state index is 11.5. The van der Waals surface area contributed by atoms with Gasteiger partial charge in [0.05, 0.1) is 18.2 Å². The lowest BCUT2D eigenvalue weighted by Gasteiger charge is -2.22. The Labute approximate surface area is 182 Å². The minimum atomic E-state index is -3.46. The van der Waals surface area contributed by atoms with E-state index in [2.05, 4.69) is 14.4 Å². The zero-order valence-corrected chi connectivity index (χ0v) is 19.1. The number of hydrogen-bond donors (Lipinski definition) is 0. The molecule has 2 aromatic rings.